The van der Waals surface area contributed by atoms with Crippen molar-refractivity contribution in [2.24, 2.45) is 0 Å². The topological polar surface area (TPSA) is 75.8 Å². The molecule has 2 aromatic rings. The summed E-state index contributed by atoms with van der Waals surface area (Å²) in [6.45, 7) is 7.04. The van der Waals surface area contributed by atoms with Crippen molar-refractivity contribution in [3.63, 3.8) is 0 Å². The molecule has 2 aromatic carbocycles. The summed E-state index contributed by atoms with van der Waals surface area (Å²) >= 11 is 0. The highest BCUT2D eigenvalue weighted by Gasteiger charge is 2.45. The number of fused-ring (bicyclic) bond motifs is 3. The van der Waals surface area contributed by atoms with Crippen LogP contribution in [0.5, 0.6) is 0 Å². The summed E-state index contributed by atoms with van der Waals surface area (Å²) in [5.41, 5.74) is 3.04. The Bertz CT molecular complexity index is 1100. The van der Waals surface area contributed by atoms with Crippen molar-refractivity contribution in [1.82, 2.24) is 0 Å². The van der Waals surface area contributed by atoms with Crippen molar-refractivity contribution < 1.29 is 32.6 Å². The smallest absolute Gasteiger partial charge is 0.372 e. The fourth-order valence-corrected chi connectivity index (χ4v) is 4.83. The quantitative estimate of drug-likeness (QED) is 0.266. The lowest BCUT2D eigenvalue weighted by Crippen LogP contribution is -2.37. The van der Waals surface area contributed by atoms with Crippen LogP contribution in [0.25, 0.3) is 10.8 Å². The second-order valence-electron chi connectivity index (χ2n) is 9.91. The second-order valence-corrected chi connectivity index (χ2v) is 11.9. The van der Waals surface area contributed by atoms with Crippen LogP contribution in [-0.4, -0.2) is 79.2 Å². The normalized spacial score (nSPS) is 17.3. The van der Waals surface area contributed by atoms with Crippen LogP contribution in [-0.2, 0) is 24.0 Å². The Balaban J connectivity index is 1.64. The Morgan fingerprint density at radius 1 is 1.12 bits per heavy atom. The molecule has 7 nitrogen and oxygen atoms in total. The number of esters is 1. The highest BCUT2D eigenvalue weighted by molar-refractivity contribution is 7.52. The third kappa shape index (κ3) is 5.46. The van der Waals surface area contributed by atoms with Gasteiger partial charge < -0.3 is 18.6 Å². The maximum atomic E-state index is 12.6. The first-order chi connectivity index (χ1) is 14.8. The van der Waals surface area contributed by atoms with Crippen LogP contribution < -0.4 is 0 Å². The van der Waals surface area contributed by atoms with Gasteiger partial charge >= 0.3 is 13.6 Å². The number of likely N-dealkylation sites (N-methyl/N-ethyl adjacent to an activating group) is 1. The van der Waals surface area contributed by atoms with Crippen molar-refractivity contribution in [1.29, 1.82) is 0 Å². The molecule has 0 saturated carbocycles. The highest BCUT2D eigenvalue weighted by Crippen LogP contribution is 2.44. The van der Waals surface area contributed by atoms with Crippen LogP contribution in [0.3, 0.4) is 0 Å². The number of ether oxygens (including phenoxy) is 1. The van der Waals surface area contributed by atoms with E-state index in [1.54, 1.807) is 0 Å². The van der Waals surface area contributed by atoms with Crippen molar-refractivity contribution in [3.8, 4) is 0 Å². The molecular formula is C24H35N2O5P+2. The zero-order chi connectivity index (χ0) is 23.7. The van der Waals surface area contributed by atoms with E-state index >= 15 is 0 Å². The summed E-state index contributed by atoms with van der Waals surface area (Å²) in [6.07, 6.45) is -0.217. The number of nitrogens with zero attached hydrogens (tertiary/aromatic N) is 2. The minimum Gasteiger partial charge on any atom is -0.460 e. The van der Waals surface area contributed by atoms with E-state index in [2.05, 4.69) is 32.0 Å². The largest absolute Gasteiger partial charge is 0.460 e. The molecular weight excluding hydrogens is 427 g/mol. The number of carbonyl (C=O) groups excluding carboxylic acids is 1. The molecule has 0 fully saturated rings. The van der Waals surface area contributed by atoms with E-state index in [0.717, 1.165) is 11.4 Å². The Labute approximate surface area is 190 Å². The van der Waals surface area contributed by atoms with Crippen LogP contribution in [0.15, 0.2) is 36.4 Å². The molecule has 3 rings (SSSR count). The Morgan fingerprint density at radius 2 is 1.81 bits per heavy atom. The van der Waals surface area contributed by atoms with Gasteiger partial charge in [-0.15, -0.1) is 0 Å². The molecule has 0 spiro atoms. The van der Waals surface area contributed by atoms with Crippen LogP contribution in [0.1, 0.15) is 26.3 Å². The Kier molecular flexibility index (Phi) is 6.97. The molecule has 1 aliphatic rings. The van der Waals surface area contributed by atoms with E-state index in [4.69, 9.17) is 9.26 Å². The average molecular weight is 463 g/mol. The minimum absolute atomic E-state index is 0.0543. The van der Waals surface area contributed by atoms with E-state index in [1.807, 2.05) is 50.8 Å². The number of rotatable bonds is 9. The van der Waals surface area contributed by atoms with Crippen LogP contribution in [0.4, 0.5) is 5.69 Å². The van der Waals surface area contributed by atoms with Gasteiger partial charge in [-0.1, -0.05) is 24.3 Å². The third-order valence-electron chi connectivity index (χ3n) is 6.11. The number of hydrogen-bond donors (Lipinski definition) is 1. The van der Waals surface area contributed by atoms with Gasteiger partial charge in [0.15, 0.2) is 5.71 Å². The molecule has 0 bridgehead atoms. The molecule has 1 N–H and O–H groups in total. The second kappa shape index (κ2) is 9.06. The van der Waals surface area contributed by atoms with E-state index < -0.39 is 13.6 Å². The van der Waals surface area contributed by atoms with Crippen LogP contribution in [0.2, 0.25) is 0 Å². The van der Waals surface area contributed by atoms with Crippen LogP contribution in [0, 0.1) is 0 Å². The first-order valence-corrected chi connectivity index (χ1v) is 12.6. The fraction of sp³-hybridized carbons (Fsp3) is 0.500. The summed E-state index contributed by atoms with van der Waals surface area (Å²) in [7, 11) is 2.15. The van der Waals surface area contributed by atoms with Gasteiger partial charge in [0.2, 0.25) is 12.2 Å². The zero-order valence-corrected chi connectivity index (χ0v) is 20.8. The first-order valence-electron chi connectivity index (χ1n) is 10.9. The maximum absolute atomic E-state index is 12.6. The number of benzene rings is 2. The Hall–Kier alpha value is -2.05. The predicted molar refractivity (Wildman–Crippen MR) is 127 cm³/mol. The molecule has 8 heteroatoms. The van der Waals surface area contributed by atoms with E-state index in [9.17, 15) is 14.3 Å². The molecule has 1 heterocycles. The summed E-state index contributed by atoms with van der Waals surface area (Å²) in [6, 6.07) is 12.4. The lowest BCUT2D eigenvalue weighted by molar-refractivity contribution is -0.870. The van der Waals surface area contributed by atoms with Crippen molar-refractivity contribution in [2.45, 2.75) is 26.2 Å². The molecule has 1 aliphatic heterocycles. The summed E-state index contributed by atoms with van der Waals surface area (Å²) in [4.78, 5) is 22.5. The van der Waals surface area contributed by atoms with Gasteiger partial charge in [0, 0.05) is 18.6 Å². The number of carbonyl (C=O) groups is 1. The van der Waals surface area contributed by atoms with Crippen molar-refractivity contribution in [3.05, 3.63) is 42.0 Å². The molecule has 0 aromatic heterocycles. The van der Waals surface area contributed by atoms with Crippen molar-refractivity contribution in [2.75, 3.05) is 53.6 Å². The average Bonchev–Trinajstić information content (AvgIpc) is 2.87. The Morgan fingerprint density at radius 3 is 2.50 bits per heavy atom. The third-order valence-corrected chi connectivity index (χ3v) is 7.45. The SMILES string of the molecule is CC1=[N+](CC(=O)OCCP(=O)(O)OCC[N+](C)(C)C)c2ccc3ccccc3c2C1(C)C. The first kappa shape index (κ1) is 24.6. The van der Waals surface area contributed by atoms with Gasteiger partial charge in [-0.3, -0.25) is 4.57 Å². The molecule has 0 saturated heterocycles. The lowest BCUT2D eigenvalue weighted by Gasteiger charge is -2.24. The van der Waals surface area contributed by atoms with E-state index in [1.165, 1.54) is 16.3 Å². The molecule has 0 aliphatic carbocycles. The molecule has 1 atom stereocenters. The van der Waals surface area contributed by atoms with Gasteiger partial charge in [0.05, 0.1) is 32.7 Å². The fourth-order valence-electron chi connectivity index (χ4n) is 4.02. The summed E-state index contributed by atoms with van der Waals surface area (Å²) < 4.78 is 25.2. The predicted octanol–water partition coefficient (Wildman–Crippen LogP) is 3.69. The standard InChI is InChI=1S/C24H34N2O5P/c1-18-24(2,3)23-20-10-8-7-9-19(20)11-12-21(23)25(18)17-22(27)30-15-16-32(28,29)31-14-13-26(4,5)6/h7-12H,13-17H2,1-6H3/q+1/p+1. The monoisotopic (exact) mass is 462 g/mol. The number of quaternary nitrogens is 1. The molecule has 32 heavy (non-hydrogen) atoms. The van der Waals surface area contributed by atoms with Gasteiger partial charge in [-0.05, 0) is 30.7 Å². The van der Waals surface area contributed by atoms with Gasteiger partial charge in [0.1, 0.15) is 19.8 Å². The maximum Gasteiger partial charge on any atom is 0.372 e. The van der Waals surface area contributed by atoms with Gasteiger partial charge in [0.25, 0.3) is 0 Å². The van der Waals surface area contributed by atoms with Gasteiger partial charge in [-0.2, -0.15) is 4.58 Å². The summed E-state index contributed by atoms with van der Waals surface area (Å²) in [5, 5.41) is 2.35. The van der Waals surface area contributed by atoms with E-state index in [0.29, 0.717) is 11.0 Å². The minimum atomic E-state index is -3.79. The van der Waals surface area contributed by atoms with E-state index in [-0.39, 0.29) is 31.3 Å². The molecule has 0 amide bonds. The zero-order valence-electron chi connectivity index (χ0n) is 19.9. The molecule has 1 unspecified atom stereocenters. The highest BCUT2D eigenvalue weighted by atomic mass is 31.2. The number of hydrogen-bond acceptors (Lipinski definition) is 4. The lowest BCUT2D eigenvalue weighted by atomic mass is 9.80. The van der Waals surface area contributed by atoms with Gasteiger partial charge in [-0.25, -0.2) is 4.79 Å². The summed E-state index contributed by atoms with van der Waals surface area (Å²) in [5.74, 6) is -0.437. The van der Waals surface area contributed by atoms with Crippen LogP contribution >= 0.6 is 7.60 Å². The molecule has 174 valence electrons. The van der Waals surface area contributed by atoms with Crippen molar-refractivity contribution >= 4 is 35.7 Å². The molecule has 0 radical (unpaired) electrons.